The SMILES string of the molecule is COc1ccc(F)c(-c2c(F)cc(COc3cccc([C@@H](CC(=O)O)C4CC4)c3)cc2C2=CCCC2(C)C)c1. The Kier molecular flexibility index (Phi) is 7.48. The Hall–Kier alpha value is -3.67. The molecule has 1 saturated carbocycles. The minimum absolute atomic E-state index is 0.0383. The van der Waals surface area contributed by atoms with Crippen molar-refractivity contribution in [1.82, 2.24) is 0 Å². The van der Waals surface area contributed by atoms with Crippen LogP contribution in [0.2, 0.25) is 0 Å². The van der Waals surface area contributed by atoms with Crippen molar-refractivity contribution >= 4 is 11.5 Å². The third kappa shape index (κ3) is 5.85. The highest BCUT2D eigenvalue weighted by atomic mass is 19.1. The number of carbonyl (C=O) groups is 1. The fraction of sp³-hybridized carbons (Fsp3) is 0.364. The van der Waals surface area contributed by atoms with Crippen LogP contribution in [0, 0.1) is 23.0 Å². The van der Waals surface area contributed by atoms with Gasteiger partial charge in [0.05, 0.1) is 13.5 Å². The first kappa shape index (κ1) is 26.9. The molecule has 4 nitrogen and oxygen atoms in total. The maximum Gasteiger partial charge on any atom is 0.303 e. The minimum Gasteiger partial charge on any atom is -0.497 e. The zero-order valence-corrected chi connectivity index (χ0v) is 22.6. The molecule has 1 N–H and O–H groups in total. The maximum atomic E-state index is 15.9. The van der Waals surface area contributed by atoms with Gasteiger partial charge in [-0.05, 0) is 108 Å². The van der Waals surface area contributed by atoms with Crippen LogP contribution in [0.25, 0.3) is 16.7 Å². The average Bonchev–Trinajstić information content (AvgIpc) is 3.68. The lowest BCUT2D eigenvalue weighted by atomic mass is 9.79. The predicted molar refractivity (Wildman–Crippen MR) is 148 cm³/mol. The molecule has 6 heteroatoms. The van der Waals surface area contributed by atoms with Gasteiger partial charge in [0.25, 0.3) is 0 Å². The van der Waals surface area contributed by atoms with E-state index in [4.69, 9.17) is 9.47 Å². The number of hydrogen-bond acceptors (Lipinski definition) is 3. The van der Waals surface area contributed by atoms with Gasteiger partial charge in [-0.1, -0.05) is 32.1 Å². The monoisotopic (exact) mass is 532 g/mol. The Balaban J connectivity index is 1.48. The first-order valence-electron chi connectivity index (χ1n) is 13.5. The lowest BCUT2D eigenvalue weighted by Gasteiger charge is -2.26. The maximum absolute atomic E-state index is 15.9. The summed E-state index contributed by atoms with van der Waals surface area (Å²) < 4.78 is 42.3. The largest absolute Gasteiger partial charge is 0.497 e. The van der Waals surface area contributed by atoms with Crippen LogP contribution in [0.15, 0.2) is 60.7 Å². The summed E-state index contributed by atoms with van der Waals surface area (Å²) >= 11 is 0. The minimum atomic E-state index is -0.807. The van der Waals surface area contributed by atoms with Gasteiger partial charge in [0, 0.05) is 11.1 Å². The predicted octanol–water partition coefficient (Wildman–Crippen LogP) is 8.39. The van der Waals surface area contributed by atoms with Gasteiger partial charge in [0.1, 0.15) is 29.7 Å². The van der Waals surface area contributed by atoms with Crippen molar-refractivity contribution in [3.8, 4) is 22.6 Å². The van der Waals surface area contributed by atoms with Crippen molar-refractivity contribution in [3.63, 3.8) is 0 Å². The van der Waals surface area contributed by atoms with Crippen LogP contribution in [0.1, 0.15) is 68.6 Å². The van der Waals surface area contributed by atoms with E-state index in [0.29, 0.717) is 28.5 Å². The molecule has 5 rings (SSSR count). The second kappa shape index (κ2) is 10.8. The number of carboxylic acid groups (broad SMARTS) is 1. The molecule has 3 aromatic carbocycles. The number of halogens is 2. The second-order valence-electron chi connectivity index (χ2n) is 11.3. The van der Waals surface area contributed by atoms with Crippen molar-refractivity contribution < 1.29 is 28.2 Å². The molecule has 204 valence electrons. The van der Waals surface area contributed by atoms with E-state index in [1.54, 1.807) is 0 Å². The molecule has 39 heavy (non-hydrogen) atoms. The Labute approximate surface area is 228 Å². The van der Waals surface area contributed by atoms with E-state index in [9.17, 15) is 9.90 Å². The topological polar surface area (TPSA) is 55.8 Å². The van der Waals surface area contributed by atoms with Crippen LogP contribution in [0.3, 0.4) is 0 Å². The van der Waals surface area contributed by atoms with E-state index in [-0.39, 0.29) is 35.5 Å². The number of allylic oxidation sites excluding steroid dienone is 2. The molecule has 2 aliphatic rings. The molecule has 2 aliphatic carbocycles. The number of hydrogen-bond donors (Lipinski definition) is 1. The lowest BCUT2D eigenvalue weighted by Crippen LogP contribution is -2.11. The zero-order chi connectivity index (χ0) is 27.7. The van der Waals surface area contributed by atoms with Gasteiger partial charge in [-0.3, -0.25) is 4.79 Å². The Morgan fingerprint density at radius 3 is 2.49 bits per heavy atom. The number of aliphatic carboxylic acids is 1. The molecule has 0 unspecified atom stereocenters. The summed E-state index contributed by atoms with van der Waals surface area (Å²) in [5.41, 5.74) is 3.43. The zero-order valence-electron chi connectivity index (χ0n) is 22.6. The third-order valence-electron chi connectivity index (χ3n) is 8.01. The molecule has 0 saturated heterocycles. The highest BCUT2D eigenvalue weighted by Gasteiger charge is 2.34. The molecule has 0 spiro atoms. The van der Waals surface area contributed by atoms with E-state index < -0.39 is 17.6 Å². The van der Waals surface area contributed by atoms with Crippen LogP contribution >= 0.6 is 0 Å². The number of ether oxygens (including phenoxy) is 2. The molecule has 0 aromatic heterocycles. The summed E-state index contributed by atoms with van der Waals surface area (Å²) in [5.74, 6) is -0.433. The third-order valence-corrected chi connectivity index (χ3v) is 8.01. The number of methoxy groups -OCH3 is 1. The highest BCUT2D eigenvalue weighted by molar-refractivity contribution is 5.85. The van der Waals surface area contributed by atoms with E-state index in [1.165, 1.54) is 31.4 Å². The van der Waals surface area contributed by atoms with Crippen molar-refractivity contribution in [3.05, 3.63) is 89.0 Å². The van der Waals surface area contributed by atoms with Crippen molar-refractivity contribution in [2.75, 3.05) is 7.11 Å². The van der Waals surface area contributed by atoms with Gasteiger partial charge >= 0.3 is 5.97 Å². The average molecular weight is 533 g/mol. The van der Waals surface area contributed by atoms with Gasteiger partial charge in [-0.25, -0.2) is 8.78 Å². The fourth-order valence-corrected chi connectivity index (χ4v) is 5.76. The fourth-order valence-electron chi connectivity index (χ4n) is 5.76. The number of benzene rings is 3. The summed E-state index contributed by atoms with van der Waals surface area (Å²) in [6.07, 6.45) is 6.09. The smallest absolute Gasteiger partial charge is 0.303 e. The van der Waals surface area contributed by atoms with Crippen molar-refractivity contribution in [2.24, 2.45) is 11.3 Å². The van der Waals surface area contributed by atoms with Gasteiger partial charge < -0.3 is 14.6 Å². The van der Waals surface area contributed by atoms with Crippen LogP contribution in [0.5, 0.6) is 11.5 Å². The van der Waals surface area contributed by atoms with Gasteiger partial charge in [-0.2, -0.15) is 0 Å². The molecule has 3 aromatic rings. The van der Waals surface area contributed by atoms with Crippen molar-refractivity contribution in [1.29, 1.82) is 0 Å². The molecular formula is C33H34F2O4. The molecule has 1 atom stereocenters. The second-order valence-corrected chi connectivity index (χ2v) is 11.3. The molecule has 1 fully saturated rings. The quantitative estimate of drug-likeness (QED) is 0.285. The molecule has 0 bridgehead atoms. The molecule has 0 heterocycles. The van der Waals surface area contributed by atoms with Crippen LogP contribution in [-0.4, -0.2) is 18.2 Å². The number of rotatable bonds is 10. The Morgan fingerprint density at radius 2 is 1.82 bits per heavy atom. The van der Waals surface area contributed by atoms with E-state index >= 15 is 8.78 Å². The van der Waals surface area contributed by atoms with E-state index in [1.807, 2.05) is 30.3 Å². The van der Waals surface area contributed by atoms with Crippen LogP contribution < -0.4 is 9.47 Å². The molecule has 0 radical (unpaired) electrons. The summed E-state index contributed by atoms with van der Waals surface area (Å²) in [4.78, 5) is 11.4. The summed E-state index contributed by atoms with van der Waals surface area (Å²) in [5, 5.41) is 9.37. The highest BCUT2D eigenvalue weighted by Crippen LogP contribution is 2.48. The van der Waals surface area contributed by atoms with Gasteiger partial charge in [-0.15, -0.1) is 0 Å². The standard InChI is InChI=1S/C33H34F2O4/c1-33(2)13-5-8-28(33)26-14-20(15-30(35)32(26)27-17-23(38-3)11-12-29(27)34)19-39-24-7-4-6-22(16-24)25(18-31(36)37)21-9-10-21/h4,6-8,11-12,14-17,21,25H,5,9-10,13,18-19H2,1-3H3,(H,36,37)/t25-/m0/s1. The van der Waals surface area contributed by atoms with E-state index in [0.717, 1.165) is 36.8 Å². The van der Waals surface area contributed by atoms with Gasteiger partial charge in [0.15, 0.2) is 0 Å². The Bertz CT molecular complexity index is 1420. The van der Waals surface area contributed by atoms with Crippen molar-refractivity contribution in [2.45, 2.75) is 58.5 Å². The summed E-state index contributed by atoms with van der Waals surface area (Å²) in [6.45, 7) is 4.37. The molecule has 0 amide bonds. The lowest BCUT2D eigenvalue weighted by molar-refractivity contribution is -0.137. The molecule has 0 aliphatic heterocycles. The summed E-state index contributed by atoms with van der Waals surface area (Å²) in [6, 6.07) is 15.2. The first-order chi connectivity index (χ1) is 18.7. The molecular weight excluding hydrogens is 498 g/mol. The van der Waals surface area contributed by atoms with Crippen LogP contribution in [-0.2, 0) is 11.4 Å². The van der Waals surface area contributed by atoms with Crippen LogP contribution in [0.4, 0.5) is 8.78 Å². The Morgan fingerprint density at radius 1 is 1.03 bits per heavy atom. The van der Waals surface area contributed by atoms with Gasteiger partial charge in [0.2, 0.25) is 0 Å². The number of carboxylic acids is 1. The summed E-state index contributed by atoms with van der Waals surface area (Å²) in [7, 11) is 1.50. The first-order valence-corrected chi connectivity index (χ1v) is 13.5. The van der Waals surface area contributed by atoms with E-state index in [2.05, 4.69) is 19.9 Å². The normalized spacial score (nSPS) is 17.0.